The molecule has 1 aliphatic heterocycles. The minimum absolute atomic E-state index is 0.0499. The Morgan fingerprint density at radius 3 is 2.59 bits per heavy atom. The number of halogens is 4. The number of ether oxygens (including phenoxy) is 1. The van der Waals surface area contributed by atoms with Gasteiger partial charge < -0.3 is 15.0 Å². The van der Waals surface area contributed by atoms with Crippen LogP contribution in [-0.2, 0) is 10.9 Å². The second-order valence-corrected chi connectivity index (χ2v) is 7.20. The van der Waals surface area contributed by atoms with Crippen LogP contribution in [0, 0.1) is 5.82 Å². The molecule has 176 valence electrons. The molecule has 0 atom stereocenters. The number of alkyl halides is 3. The molecule has 0 unspecified atom stereocenters. The number of ketones is 1. The van der Waals surface area contributed by atoms with Crippen molar-refractivity contribution in [1.29, 1.82) is 0 Å². The zero-order valence-corrected chi connectivity index (χ0v) is 17.6. The standard InChI is InChI=1S/C22H18F4N6O2/c23-17-12-28-21(31-20(17)32-6-8-34-9-7-32)29-13-19(33)18-5-4-16(11-27-18)30-15-3-1-2-14(10-15)22(24,25)26/h1-5,10-13,30H,6-9H2/b29-13+. The average molecular weight is 474 g/mol. The van der Waals surface area contributed by atoms with Crippen molar-refractivity contribution >= 4 is 35.1 Å². The topological polar surface area (TPSA) is 92.6 Å². The molecule has 1 fully saturated rings. The molecular formula is C22H18F4N6O2. The number of aliphatic imine (C=N–C) groups is 1. The molecule has 0 radical (unpaired) electrons. The summed E-state index contributed by atoms with van der Waals surface area (Å²) in [6, 6.07) is 7.61. The molecule has 4 rings (SSSR count). The number of nitrogens with one attached hydrogen (secondary N) is 1. The molecule has 1 N–H and O–H groups in total. The van der Waals surface area contributed by atoms with Crippen molar-refractivity contribution in [3.8, 4) is 0 Å². The Balaban J connectivity index is 1.42. The summed E-state index contributed by atoms with van der Waals surface area (Å²) in [5.41, 5.74) is -0.117. The summed E-state index contributed by atoms with van der Waals surface area (Å²) >= 11 is 0. The van der Waals surface area contributed by atoms with Crippen LogP contribution >= 0.6 is 0 Å². The van der Waals surface area contributed by atoms with Crippen LogP contribution in [0.25, 0.3) is 0 Å². The lowest BCUT2D eigenvalue weighted by Crippen LogP contribution is -2.37. The summed E-state index contributed by atoms with van der Waals surface area (Å²) < 4.78 is 57.9. The quantitative estimate of drug-likeness (QED) is 0.325. The summed E-state index contributed by atoms with van der Waals surface area (Å²) in [6.45, 7) is 1.84. The number of carbonyl (C=O) groups is 1. The van der Waals surface area contributed by atoms with E-state index in [4.69, 9.17) is 4.74 Å². The highest BCUT2D eigenvalue weighted by Crippen LogP contribution is 2.31. The van der Waals surface area contributed by atoms with Crippen LogP contribution < -0.4 is 10.2 Å². The van der Waals surface area contributed by atoms with Crippen molar-refractivity contribution < 1.29 is 27.1 Å². The molecule has 8 nitrogen and oxygen atoms in total. The van der Waals surface area contributed by atoms with E-state index in [1.807, 2.05) is 0 Å². The van der Waals surface area contributed by atoms with Crippen molar-refractivity contribution in [1.82, 2.24) is 15.0 Å². The largest absolute Gasteiger partial charge is 0.416 e. The molecule has 34 heavy (non-hydrogen) atoms. The van der Waals surface area contributed by atoms with Gasteiger partial charge in [0, 0.05) is 18.8 Å². The Labute approximate surface area is 191 Å². The number of hydrogen-bond donors (Lipinski definition) is 1. The predicted molar refractivity (Wildman–Crippen MR) is 116 cm³/mol. The van der Waals surface area contributed by atoms with Crippen molar-refractivity contribution in [2.24, 2.45) is 4.99 Å². The molecule has 3 aromatic rings. The SMILES string of the molecule is O=C(/C=N/c1ncc(F)c(N2CCOCC2)n1)c1ccc(Nc2cccc(C(F)(F)F)c2)cn1. The van der Waals surface area contributed by atoms with Gasteiger partial charge in [0.05, 0.1) is 43.1 Å². The zero-order chi connectivity index (χ0) is 24.1. The van der Waals surface area contributed by atoms with Gasteiger partial charge in [-0.1, -0.05) is 6.07 Å². The number of benzene rings is 1. The van der Waals surface area contributed by atoms with Crippen LogP contribution in [0.1, 0.15) is 16.1 Å². The average Bonchev–Trinajstić information content (AvgIpc) is 2.84. The van der Waals surface area contributed by atoms with E-state index in [0.29, 0.717) is 32.0 Å². The number of anilines is 3. The third-order valence-corrected chi connectivity index (χ3v) is 4.82. The first kappa shape index (κ1) is 23.2. The van der Waals surface area contributed by atoms with Gasteiger partial charge in [0.25, 0.3) is 5.95 Å². The van der Waals surface area contributed by atoms with E-state index in [9.17, 15) is 22.4 Å². The van der Waals surface area contributed by atoms with Gasteiger partial charge in [0.1, 0.15) is 5.69 Å². The van der Waals surface area contributed by atoms with E-state index >= 15 is 0 Å². The summed E-state index contributed by atoms with van der Waals surface area (Å²) in [7, 11) is 0. The highest BCUT2D eigenvalue weighted by molar-refractivity contribution is 6.35. The van der Waals surface area contributed by atoms with Crippen LogP contribution in [0.15, 0.2) is 53.8 Å². The molecule has 12 heteroatoms. The van der Waals surface area contributed by atoms with E-state index in [-0.39, 0.29) is 23.1 Å². The summed E-state index contributed by atoms with van der Waals surface area (Å²) in [4.78, 5) is 29.9. The number of hydrogen-bond acceptors (Lipinski definition) is 8. The summed E-state index contributed by atoms with van der Waals surface area (Å²) in [6.07, 6.45) is -1.19. The van der Waals surface area contributed by atoms with Gasteiger partial charge in [0.2, 0.25) is 5.78 Å². The van der Waals surface area contributed by atoms with Gasteiger partial charge in [-0.05, 0) is 30.3 Å². The molecule has 0 bridgehead atoms. The molecule has 0 amide bonds. The number of nitrogens with zero attached hydrogens (tertiary/aromatic N) is 5. The summed E-state index contributed by atoms with van der Waals surface area (Å²) in [5.74, 6) is -1.15. The monoisotopic (exact) mass is 474 g/mol. The van der Waals surface area contributed by atoms with Gasteiger partial charge in [-0.15, -0.1) is 0 Å². The van der Waals surface area contributed by atoms with E-state index in [1.54, 1.807) is 4.90 Å². The van der Waals surface area contributed by atoms with Gasteiger partial charge in [-0.2, -0.15) is 18.2 Å². The van der Waals surface area contributed by atoms with Crippen LogP contribution in [0.5, 0.6) is 0 Å². The highest BCUT2D eigenvalue weighted by atomic mass is 19.4. The Morgan fingerprint density at radius 1 is 1.09 bits per heavy atom. The maximum Gasteiger partial charge on any atom is 0.416 e. The second-order valence-electron chi connectivity index (χ2n) is 7.20. The van der Waals surface area contributed by atoms with Crippen molar-refractivity contribution in [3.63, 3.8) is 0 Å². The lowest BCUT2D eigenvalue weighted by atomic mass is 10.2. The van der Waals surface area contributed by atoms with Gasteiger partial charge in [0.15, 0.2) is 11.6 Å². The molecule has 1 aliphatic rings. The lowest BCUT2D eigenvalue weighted by molar-refractivity contribution is -0.137. The zero-order valence-electron chi connectivity index (χ0n) is 17.6. The van der Waals surface area contributed by atoms with Crippen LogP contribution in [0.4, 0.5) is 40.7 Å². The Kier molecular flexibility index (Phi) is 6.77. The fourth-order valence-corrected chi connectivity index (χ4v) is 3.14. The van der Waals surface area contributed by atoms with E-state index in [1.165, 1.54) is 30.5 Å². The van der Waals surface area contributed by atoms with Gasteiger partial charge >= 0.3 is 6.18 Å². The number of pyridine rings is 1. The van der Waals surface area contributed by atoms with Crippen LogP contribution in [0.3, 0.4) is 0 Å². The normalized spacial score (nSPS) is 14.4. The third-order valence-electron chi connectivity index (χ3n) is 4.82. The molecule has 2 aromatic heterocycles. The Hall–Kier alpha value is -3.93. The van der Waals surface area contributed by atoms with Crippen LogP contribution in [-0.4, -0.2) is 53.3 Å². The fraction of sp³-hybridized carbons (Fsp3) is 0.227. The predicted octanol–water partition coefficient (Wildman–Crippen LogP) is 4.19. The molecule has 3 heterocycles. The second kappa shape index (κ2) is 9.91. The van der Waals surface area contributed by atoms with E-state index in [0.717, 1.165) is 24.5 Å². The molecule has 1 saturated heterocycles. The van der Waals surface area contributed by atoms with Gasteiger partial charge in [-0.3, -0.25) is 9.78 Å². The third kappa shape index (κ3) is 5.70. The number of rotatable bonds is 6. The minimum Gasteiger partial charge on any atom is -0.378 e. The van der Waals surface area contributed by atoms with Crippen molar-refractivity contribution in [2.75, 3.05) is 36.5 Å². The first-order valence-electron chi connectivity index (χ1n) is 10.1. The minimum atomic E-state index is -4.46. The van der Waals surface area contributed by atoms with E-state index < -0.39 is 23.3 Å². The molecule has 0 spiro atoms. The Morgan fingerprint density at radius 2 is 1.88 bits per heavy atom. The van der Waals surface area contributed by atoms with Gasteiger partial charge in [-0.25, -0.2) is 14.4 Å². The van der Waals surface area contributed by atoms with Crippen molar-refractivity contribution in [3.05, 3.63) is 65.9 Å². The molecule has 0 aliphatic carbocycles. The molecule has 0 saturated carbocycles. The fourth-order valence-electron chi connectivity index (χ4n) is 3.14. The highest BCUT2D eigenvalue weighted by Gasteiger charge is 2.30. The van der Waals surface area contributed by atoms with E-state index in [2.05, 4.69) is 25.3 Å². The molecule has 1 aromatic carbocycles. The first-order chi connectivity index (χ1) is 16.3. The Bertz CT molecular complexity index is 1190. The number of carbonyl (C=O) groups excluding carboxylic acids is 1. The summed E-state index contributed by atoms with van der Waals surface area (Å²) in [5, 5.41) is 2.81. The smallest absolute Gasteiger partial charge is 0.378 e. The number of Topliss-reactive ketones (excluding diaryl/α,β-unsaturated/α-hetero) is 1. The first-order valence-corrected chi connectivity index (χ1v) is 10.1. The number of aromatic nitrogens is 3. The lowest BCUT2D eigenvalue weighted by Gasteiger charge is -2.27. The van der Waals surface area contributed by atoms with Crippen LogP contribution in [0.2, 0.25) is 0 Å². The number of morpholine rings is 1. The maximum absolute atomic E-state index is 14.1. The van der Waals surface area contributed by atoms with Crippen molar-refractivity contribution in [2.45, 2.75) is 6.18 Å². The molecular weight excluding hydrogens is 456 g/mol. The maximum atomic E-state index is 14.1.